The zero-order valence-electron chi connectivity index (χ0n) is 16.1. The fourth-order valence-electron chi connectivity index (χ4n) is 3.28. The Morgan fingerprint density at radius 2 is 1.68 bits per heavy atom. The number of aromatic nitrogens is 2. The summed E-state index contributed by atoms with van der Waals surface area (Å²) >= 11 is 0. The van der Waals surface area contributed by atoms with Gasteiger partial charge in [0.05, 0.1) is 0 Å². The van der Waals surface area contributed by atoms with Crippen molar-refractivity contribution in [1.29, 1.82) is 0 Å². The van der Waals surface area contributed by atoms with E-state index in [1.54, 1.807) is 29.2 Å². The van der Waals surface area contributed by atoms with Crippen LogP contribution in [0.4, 0.5) is 17.6 Å². The van der Waals surface area contributed by atoms with Gasteiger partial charge >= 0.3 is 12.1 Å². The molecule has 1 fully saturated rings. The number of carbonyl (C=O) groups is 1. The first-order chi connectivity index (χ1) is 14.8. The summed E-state index contributed by atoms with van der Waals surface area (Å²) in [6, 6.07) is 11.8. The van der Waals surface area contributed by atoms with Gasteiger partial charge in [-0.15, -0.1) is 0 Å². The van der Waals surface area contributed by atoms with E-state index in [4.69, 9.17) is 4.74 Å². The molecule has 0 unspecified atom stereocenters. The van der Waals surface area contributed by atoms with Crippen molar-refractivity contribution in [3.63, 3.8) is 0 Å². The van der Waals surface area contributed by atoms with Crippen LogP contribution < -0.4 is 4.74 Å². The van der Waals surface area contributed by atoms with Crippen molar-refractivity contribution in [2.75, 3.05) is 13.1 Å². The third-order valence-electron chi connectivity index (χ3n) is 4.90. The normalized spacial score (nSPS) is 15.2. The molecule has 0 bridgehead atoms. The summed E-state index contributed by atoms with van der Waals surface area (Å²) in [7, 11) is 0. The molecule has 1 saturated heterocycles. The van der Waals surface area contributed by atoms with Crippen molar-refractivity contribution in [2.45, 2.75) is 25.1 Å². The third-order valence-corrected chi connectivity index (χ3v) is 4.90. The van der Waals surface area contributed by atoms with Crippen LogP contribution in [0.1, 0.15) is 29.1 Å². The summed E-state index contributed by atoms with van der Waals surface area (Å²) in [5, 5.41) is 3.35. The predicted octanol–water partition coefficient (Wildman–Crippen LogP) is 4.58. The molecular formula is C21H17F4N3O3. The molecule has 1 aliphatic rings. The van der Waals surface area contributed by atoms with Gasteiger partial charge in [0.25, 0.3) is 5.91 Å². The van der Waals surface area contributed by atoms with E-state index in [0.717, 1.165) is 0 Å². The van der Waals surface area contributed by atoms with Crippen LogP contribution in [-0.2, 0) is 6.18 Å². The summed E-state index contributed by atoms with van der Waals surface area (Å²) in [4.78, 5) is 17.5. The molecule has 31 heavy (non-hydrogen) atoms. The number of hydrogen-bond acceptors (Lipinski definition) is 5. The van der Waals surface area contributed by atoms with Gasteiger partial charge in [-0.1, -0.05) is 5.16 Å². The van der Waals surface area contributed by atoms with E-state index in [2.05, 4.69) is 14.7 Å². The maximum atomic E-state index is 13.0. The highest BCUT2D eigenvalue weighted by molar-refractivity contribution is 5.94. The Balaban J connectivity index is 1.32. The van der Waals surface area contributed by atoms with Crippen LogP contribution in [-0.4, -0.2) is 40.1 Å². The van der Waals surface area contributed by atoms with E-state index in [1.165, 1.54) is 24.3 Å². The Morgan fingerprint density at radius 1 is 1.03 bits per heavy atom. The van der Waals surface area contributed by atoms with E-state index >= 15 is 0 Å². The molecule has 162 valence electrons. The second-order valence-corrected chi connectivity index (χ2v) is 7.06. The van der Waals surface area contributed by atoms with Gasteiger partial charge in [0, 0.05) is 37.1 Å². The van der Waals surface area contributed by atoms with Crippen molar-refractivity contribution in [3.05, 3.63) is 65.8 Å². The molecule has 0 aliphatic carbocycles. The molecule has 0 atom stereocenters. The van der Waals surface area contributed by atoms with E-state index in [9.17, 15) is 22.4 Å². The summed E-state index contributed by atoms with van der Waals surface area (Å²) in [5.74, 6) is -1.56. The average Bonchev–Trinajstić information content (AvgIpc) is 3.26. The first kappa shape index (κ1) is 20.8. The molecule has 0 saturated carbocycles. The fourth-order valence-corrected chi connectivity index (χ4v) is 3.28. The Hall–Kier alpha value is -3.43. The van der Waals surface area contributed by atoms with Crippen molar-refractivity contribution < 1.29 is 31.6 Å². The lowest BCUT2D eigenvalue weighted by atomic mass is 10.1. The van der Waals surface area contributed by atoms with Gasteiger partial charge in [-0.25, -0.2) is 4.39 Å². The highest BCUT2D eigenvalue weighted by atomic mass is 19.4. The van der Waals surface area contributed by atoms with Crippen LogP contribution in [0.3, 0.4) is 0 Å². The first-order valence-corrected chi connectivity index (χ1v) is 9.52. The van der Waals surface area contributed by atoms with Crippen LogP contribution in [0.5, 0.6) is 5.75 Å². The fraction of sp³-hybridized carbons (Fsp3) is 0.286. The molecular weight excluding hydrogens is 418 g/mol. The lowest BCUT2D eigenvalue weighted by molar-refractivity contribution is -0.159. The first-order valence-electron chi connectivity index (χ1n) is 9.52. The number of amides is 1. The molecule has 4 rings (SSSR count). The Bertz CT molecular complexity index is 1040. The SMILES string of the molecule is O=C(c1ccc(F)cc1)N1CCC(Oc2ccc(-c3noc(C(F)(F)F)n3)cc2)CC1. The zero-order valence-corrected chi connectivity index (χ0v) is 16.1. The van der Waals surface area contributed by atoms with Crippen molar-refractivity contribution in [2.24, 2.45) is 0 Å². The van der Waals surface area contributed by atoms with Crippen LogP contribution >= 0.6 is 0 Å². The van der Waals surface area contributed by atoms with Gasteiger partial charge in [-0.2, -0.15) is 18.2 Å². The number of ether oxygens (including phenoxy) is 1. The minimum Gasteiger partial charge on any atom is -0.490 e. The van der Waals surface area contributed by atoms with Crippen molar-refractivity contribution in [3.8, 4) is 17.1 Å². The zero-order chi connectivity index (χ0) is 22.0. The van der Waals surface area contributed by atoms with Crippen molar-refractivity contribution in [1.82, 2.24) is 15.0 Å². The minimum atomic E-state index is -4.69. The molecule has 2 aromatic carbocycles. The monoisotopic (exact) mass is 435 g/mol. The number of likely N-dealkylation sites (tertiary alicyclic amines) is 1. The summed E-state index contributed by atoms with van der Waals surface area (Å²) in [6.45, 7) is 1.00. The second-order valence-electron chi connectivity index (χ2n) is 7.06. The number of benzene rings is 2. The van der Waals surface area contributed by atoms with E-state index in [1.807, 2.05) is 0 Å². The van der Waals surface area contributed by atoms with Crippen LogP contribution in [0.2, 0.25) is 0 Å². The Labute approximate surface area is 174 Å². The highest BCUT2D eigenvalue weighted by Gasteiger charge is 2.38. The maximum absolute atomic E-state index is 13.0. The third kappa shape index (κ3) is 4.84. The molecule has 1 amide bonds. The van der Waals surface area contributed by atoms with Gasteiger partial charge < -0.3 is 14.2 Å². The molecule has 0 spiro atoms. The molecule has 3 aromatic rings. The number of hydrogen-bond donors (Lipinski definition) is 0. The molecule has 10 heteroatoms. The lowest BCUT2D eigenvalue weighted by Gasteiger charge is -2.32. The average molecular weight is 435 g/mol. The number of carbonyl (C=O) groups excluding carboxylic acids is 1. The number of piperidine rings is 1. The second kappa shape index (κ2) is 8.37. The maximum Gasteiger partial charge on any atom is 0.471 e. The van der Waals surface area contributed by atoms with Gasteiger partial charge in [0.15, 0.2) is 0 Å². The number of alkyl halides is 3. The molecule has 0 N–H and O–H groups in total. The van der Waals surface area contributed by atoms with E-state index in [0.29, 0.717) is 42.8 Å². The van der Waals surface area contributed by atoms with Gasteiger partial charge in [0.2, 0.25) is 5.82 Å². The summed E-state index contributed by atoms with van der Waals surface area (Å²) < 4.78 is 60.9. The smallest absolute Gasteiger partial charge is 0.471 e. The largest absolute Gasteiger partial charge is 0.490 e. The molecule has 1 aromatic heterocycles. The number of nitrogens with zero attached hydrogens (tertiary/aromatic N) is 3. The highest BCUT2D eigenvalue weighted by Crippen LogP contribution is 2.30. The van der Waals surface area contributed by atoms with E-state index < -0.39 is 17.9 Å². The molecule has 0 radical (unpaired) electrons. The summed E-state index contributed by atoms with van der Waals surface area (Å²) in [6.07, 6.45) is -3.56. The Morgan fingerprint density at radius 3 is 2.26 bits per heavy atom. The summed E-state index contributed by atoms with van der Waals surface area (Å²) in [5.41, 5.74) is 0.804. The topological polar surface area (TPSA) is 68.5 Å². The van der Waals surface area contributed by atoms with Crippen molar-refractivity contribution >= 4 is 5.91 Å². The van der Waals surface area contributed by atoms with Gasteiger partial charge in [-0.3, -0.25) is 4.79 Å². The quantitative estimate of drug-likeness (QED) is 0.562. The predicted molar refractivity (Wildman–Crippen MR) is 101 cm³/mol. The van der Waals surface area contributed by atoms with E-state index in [-0.39, 0.29) is 17.8 Å². The van der Waals surface area contributed by atoms with Gasteiger partial charge in [0.1, 0.15) is 17.7 Å². The van der Waals surface area contributed by atoms with Crippen LogP contribution in [0.15, 0.2) is 53.1 Å². The minimum absolute atomic E-state index is 0.106. The molecule has 1 aliphatic heterocycles. The Kier molecular flexibility index (Phi) is 5.62. The van der Waals surface area contributed by atoms with Crippen LogP contribution in [0, 0.1) is 5.82 Å². The molecule has 2 heterocycles. The number of halogens is 4. The lowest BCUT2D eigenvalue weighted by Crippen LogP contribution is -2.41. The molecule has 6 nitrogen and oxygen atoms in total. The van der Waals surface area contributed by atoms with Gasteiger partial charge in [-0.05, 0) is 48.5 Å². The number of rotatable bonds is 4. The van der Waals surface area contributed by atoms with Crippen LogP contribution in [0.25, 0.3) is 11.4 Å². The standard InChI is InChI=1S/C21H17F4N3O3/c22-15-5-1-14(2-6-15)19(29)28-11-9-17(10-12-28)30-16-7-3-13(4-8-16)18-26-20(31-27-18)21(23,24)25/h1-8,17H,9-12H2.